The fourth-order valence-corrected chi connectivity index (χ4v) is 3.29. The largest absolute Gasteiger partial charge is 0.493 e. The smallest absolute Gasteiger partial charge is 0.313 e. The molecular weight excluding hydrogens is 450 g/mol. The zero-order chi connectivity index (χ0) is 24.1. The Morgan fingerprint density at radius 3 is 2.39 bits per heavy atom. The van der Waals surface area contributed by atoms with Gasteiger partial charge in [-0.2, -0.15) is 0 Å². The third-order valence-corrected chi connectivity index (χ3v) is 4.97. The van der Waals surface area contributed by atoms with Gasteiger partial charge >= 0.3 is 5.69 Å². The number of nitrogens with one attached hydrogen (secondary N) is 2. The minimum atomic E-state index is -0.610. The molecule has 3 rings (SSSR count). The van der Waals surface area contributed by atoms with Crippen LogP contribution in [0.4, 0.5) is 11.4 Å². The zero-order valence-electron chi connectivity index (χ0n) is 18.0. The van der Waals surface area contributed by atoms with E-state index < -0.39 is 10.8 Å². The summed E-state index contributed by atoms with van der Waals surface area (Å²) < 4.78 is 11.0. The molecule has 0 atom stereocenters. The van der Waals surface area contributed by atoms with Crippen molar-refractivity contribution in [3.63, 3.8) is 0 Å². The monoisotopic (exact) mass is 469 g/mol. The van der Waals surface area contributed by atoms with Gasteiger partial charge in [-0.05, 0) is 48.9 Å². The number of benzene rings is 3. The van der Waals surface area contributed by atoms with E-state index in [1.54, 1.807) is 25.1 Å². The molecule has 0 aliphatic rings. The van der Waals surface area contributed by atoms with Gasteiger partial charge in [0.25, 0.3) is 11.8 Å². The van der Waals surface area contributed by atoms with Gasteiger partial charge in [-0.25, -0.2) is 0 Å². The summed E-state index contributed by atoms with van der Waals surface area (Å²) in [7, 11) is 2.89. The van der Waals surface area contributed by atoms with Gasteiger partial charge in [0.05, 0.1) is 23.3 Å². The number of nitro groups is 1. The number of nitrogens with zero attached hydrogens (tertiary/aromatic N) is 1. The second-order valence-corrected chi connectivity index (χ2v) is 7.30. The minimum Gasteiger partial charge on any atom is -0.493 e. The van der Waals surface area contributed by atoms with Gasteiger partial charge in [0.15, 0.2) is 11.5 Å². The molecule has 2 amide bonds. The number of methoxy groups -OCH3 is 1. The molecule has 0 bridgehead atoms. The van der Waals surface area contributed by atoms with E-state index in [4.69, 9.17) is 21.1 Å². The summed E-state index contributed by atoms with van der Waals surface area (Å²) in [6.07, 6.45) is 0. The first-order valence-electron chi connectivity index (χ1n) is 9.68. The Bertz CT molecular complexity index is 1240. The highest BCUT2D eigenvalue weighted by molar-refractivity contribution is 6.30. The van der Waals surface area contributed by atoms with E-state index in [1.807, 2.05) is 0 Å². The Labute approximate surface area is 194 Å². The number of nitro benzene ring substituents is 1. The van der Waals surface area contributed by atoms with Crippen molar-refractivity contribution in [2.24, 2.45) is 0 Å². The maximum atomic E-state index is 12.9. The van der Waals surface area contributed by atoms with E-state index in [0.717, 1.165) is 0 Å². The van der Waals surface area contributed by atoms with Crippen LogP contribution < -0.4 is 20.1 Å². The molecule has 0 aromatic heterocycles. The quantitative estimate of drug-likeness (QED) is 0.372. The van der Waals surface area contributed by atoms with Crippen molar-refractivity contribution in [3.8, 4) is 17.2 Å². The molecule has 0 heterocycles. The van der Waals surface area contributed by atoms with Crippen LogP contribution in [0.3, 0.4) is 0 Å². The minimum absolute atomic E-state index is 0.0325. The van der Waals surface area contributed by atoms with Crippen molar-refractivity contribution in [3.05, 3.63) is 86.4 Å². The van der Waals surface area contributed by atoms with Crippen LogP contribution in [0.5, 0.6) is 17.2 Å². The van der Waals surface area contributed by atoms with Gasteiger partial charge in [0.1, 0.15) is 0 Å². The summed E-state index contributed by atoms with van der Waals surface area (Å²) in [6, 6.07) is 13.5. The molecule has 0 spiro atoms. The van der Waals surface area contributed by atoms with E-state index >= 15 is 0 Å². The summed E-state index contributed by atoms with van der Waals surface area (Å²) in [5, 5.41) is 16.8. The Morgan fingerprint density at radius 2 is 1.73 bits per heavy atom. The van der Waals surface area contributed by atoms with Crippen LogP contribution in [0.2, 0.25) is 5.02 Å². The molecule has 0 saturated heterocycles. The summed E-state index contributed by atoms with van der Waals surface area (Å²) >= 11 is 5.84. The highest BCUT2D eigenvalue weighted by atomic mass is 35.5. The first-order valence-corrected chi connectivity index (χ1v) is 10.1. The summed E-state index contributed by atoms with van der Waals surface area (Å²) in [6.45, 7) is 1.77. The lowest BCUT2D eigenvalue weighted by Gasteiger charge is -2.14. The highest BCUT2D eigenvalue weighted by Gasteiger charge is 2.20. The first-order chi connectivity index (χ1) is 15.7. The molecule has 2 N–H and O–H groups in total. The van der Waals surface area contributed by atoms with Crippen LogP contribution in [-0.2, 0) is 0 Å². The molecule has 33 heavy (non-hydrogen) atoms. The molecule has 3 aromatic rings. The van der Waals surface area contributed by atoms with Crippen molar-refractivity contribution in [2.75, 3.05) is 19.5 Å². The number of amides is 2. The molecule has 0 radical (unpaired) electrons. The molecular formula is C23H20ClN3O6. The average molecular weight is 470 g/mol. The van der Waals surface area contributed by atoms with Gasteiger partial charge in [-0.15, -0.1) is 0 Å². The number of carbonyl (C=O) groups excluding carboxylic acids is 2. The molecule has 0 unspecified atom stereocenters. The third-order valence-electron chi connectivity index (χ3n) is 4.74. The van der Waals surface area contributed by atoms with Gasteiger partial charge < -0.3 is 20.1 Å². The Kier molecular flexibility index (Phi) is 7.14. The normalized spacial score (nSPS) is 10.3. The van der Waals surface area contributed by atoms with Gasteiger partial charge in [-0.3, -0.25) is 19.7 Å². The molecule has 0 aliphatic carbocycles. The van der Waals surface area contributed by atoms with Crippen molar-refractivity contribution >= 4 is 34.8 Å². The van der Waals surface area contributed by atoms with E-state index in [1.165, 1.54) is 50.6 Å². The van der Waals surface area contributed by atoms with Crippen molar-refractivity contribution in [1.82, 2.24) is 5.32 Å². The Morgan fingerprint density at radius 1 is 1.00 bits per heavy atom. The highest BCUT2D eigenvalue weighted by Crippen LogP contribution is 2.38. The maximum Gasteiger partial charge on any atom is 0.313 e. The van der Waals surface area contributed by atoms with Crippen LogP contribution >= 0.6 is 11.6 Å². The lowest BCUT2D eigenvalue weighted by Crippen LogP contribution is -2.22. The molecule has 0 aliphatic heterocycles. The number of ether oxygens (including phenoxy) is 2. The topological polar surface area (TPSA) is 120 Å². The van der Waals surface area contributed by atoms with Crippen molar-refractivity contribution in [2.45, 2.75) is 6.92 Å². The predicted molar refractivity (Wildman–Crippen MR) is 124 cm³/mol. The molecule has 0 fully saturated rings. The van der Waals surface area contributed by atoms with E-state index in [9.17, 15) is 19.7 Å². The molecule has 0 saturated carbocycles. The lowest BCUT2D eigenvalue weighted by molar-refractivity contribution is -0.385. The molecule has 170 valence electrons. The van der Waals surface area contributed by atoms with E-state index in [0.29, 0.717) is 16.8 Å². The fourth-order valence-electron chi connectivity index (χ4n) is 3.12. The summed E-state index contributed by atoms with van der Waals surface area (Å²) in [4.78, 5) is 35.8. The average Bonchev–Trinajstić information content (AvgIpc) is 2.79. The second-order valence-electron chi connectivity index (χ2n) is 6.87. The predicted octanol–water partition coefficient (Wildman–Crippen LogP) is 4.97. The number of hydrogen-bond acceptors (Lipinski definition) is 6. The molecule has 9 nitrogen and oxygen atoms in total. The van der Waals surface area contributed by atoms with Gasteiger partial charge in [0.2, 0.25) is 5.75 Å². The summed E-state index contributed by atoms with van der Waals surface area (Å²) in [5.41, 5.74) is 1.34. The van der Waals surface area contributed by atoms with Crippen LogP contribution in [0.15, 0.2) is 54.6 Å². The van der Waals surface area contributed by atoms with Crippen LogP contribution in [-0.4, -0.2) is 30.9 Å². The lowest BCUT2D eigenvalue weighted by atomic mass is 10.1. The number of anilines is 1. The van der Waals surface area contributed by atoms with Crippen molar-refractivity contribution < 1.29 is 24.0 Å². The fraction of sp³-hybridized carbons (Fsp3) is 0.130. The second kappa shape index (κ2) is 10.0. The zero-order valence-corrected chi connectivity index (χ0v) is 18.7. The van der Waals surface area contributed by atoms with Crippen molar-refractivity contribution in [1.29, 1.82) is 0 Å². The van der Waals surface area contributed by atoms with Gasteiger partial charge in [-0.1, -0.05) is 23.7 Å². The number of hydrogen-bond donors (Lipinski definition) is 2. The maximum absolute atomic E-state index is 12.9. The Hall–Kier alpha value is -4.11. The third kappa shape index (κ3) is 5.21. The van der Waals surface area contributed by atoms with Crippen LogP contribution in [0, 0.1) is 17.0 Å². The number of rotatable bonds is 7. The first kappa shape index (κ1) is 23.6. The number of carbonyl (C=O) groups is 2. The molecule has 10 heteroatoms. The number of aryl methyl sites for hydroxylation is 1. The summed E-state index contributed by atoms with van der Waals surface area (Å²) in [5.74, 6) is -0.485. The Balaban J connectivity index is 1.90. The van der Waals surface area contributed by atoms with Crippen LogP contribution in [0.25, 0.3) is 0 Å². The van der Waals surface area contributed by atoms with Gasteiger partial charge in [0, 0.05) is 23.7 Å². The van der Waals surface area contributed by atoms with Crippen LogP contribution in [0.1, 0.15) is 26.3 Å². The molecule has 3 aromatic carbocycles. The SMILES string of the molecule is CNC(=O)c1c(C)cccc1NC(=O)c1ccc(Oc2ccc(Cl)cc2[N+](=O)[O-])c(OC)c1. The van der Waals surface area contributed by atoms with E-state index in [2.05, 4.69) is 10.6 Å². The standard InChI is InChI=1S/C23H20ClN3O6/c1-13-5-4-6-16(21(13)23(29)25-2)26-22(28)14-7-9-19(20(11-14)32-3)33-18-10-8-15(24)12-17(18)27(30)31/h4-12H,1-3H3,(H,25,29)(H,26,28). The van der Waals surface area contributed by atoms with E-state index in [-0.39, 0.29) is 39.4 Å². The number of halogens is 1.